The van der Waals surface area contributed by atoms with Crippen LogP contribution in [0, 0.1) is 12.3 Å². The van der Waals surface area contributed by atoms with E-state index in [0.29, 0.717) is 11.3 Å². The van der Waals surface area contributed by atoms with Gasteiger partial charge in [-0.05, 0) is 48.7 Å². The number of benzene rings is 3. The van der Waals surface area contributed by atoms with Gasteiger partial charge in [-0.3, -0.25) is 4.79 Å². The molecule has 7 nitrogen and oxygen atoms in total. The van der Waals surface area contributed by atoms with E-state index in [0.717, 1.165) is 17.3 Å². The summed E-state index contributed by atoms with van der Waals surface area (Å²) in [6.07, 6.45) is 1.28. The number of hydrogen-bond acceptors (Lipinski definition) is 5. The highest BCUT2D eigenvalue weighted by atomic mass is 32.2. The zero-order chi connectivity index (χ0) is 23.1. The van der Waals surface area contributed by atoms with Crippen molar-refractivity contribution < 1.29 is 13.2 Å². The van der Waals surface area contributed by atoms with Gasteiger partial charge in [0.1, 0.15) is 6.04 Å². The van der Waals surface area contributed by atoms with Gasteiger partial charge in [-0.25, -0.2) is 8.42 Å². The molecule has 0 heterocycles. The van der Waals surface area contributed by atoms with Crippen LogP contribution in [0.25, 0.3) is 0 Å². The number of anilines is 1. The summed E-state index contributed by atoms with van der Waals surface area (Å²) < 4.78 is 28.4. The monoisotopic (exact) mass is 450 g/mol. The summed E-state index contributed by atoms with van der Waals surface area (Å²) in [6, 6.07) is 20.8. The summed E-state index contributed by atoms with van der Waals surface area (Å²) in [4.78, 5) is 13.2. The first kappa shape index (κ1) is 23.3. The molecule has 1 amide bonds. The van der Waals surface area contributed by atoms with Crippen molar-refractivity contribution in [3.05, 3.63) is 95.6 Å². The normalized spacial score (nSPS) is 13.2. The number of sulfonamides is 1. The highest BCUT2D eigenvalue weighted by Crippen LogP contribution is 2.17. The Bertz CT molecular complexity index is 1180. The predicted octanol–water partition coefficient (Wildman–Crippen LogP) is 3.17. The fourth-order valence-corrected chi connectivity index (χ4v) is 4.36. The second-order valence-electron chi connectivity index (χ2n) is 7.48. The fraction of sp³-hybridized carbons (Fsp3) is 0.167. The van der Waals surface area contributed by atoms with Crippen molar-refractivity contribution in [2.45, 2.75) is 30.3 Å². The van der Waals surface area contributed by atoms with Crippen molar-refractivity contribution in [1.29, 1.82) is 5.41 Å². The number of carbonyl (C=O) groups is 1. The predicted molar refractivity (Wildman–Crippen MR) is 126 cm³/mol. The number of nitrogens with one attached hydrogen (secondary N) is 3. The molecule has 0 saturated heterocycles. The molecule has 0 aliphatic heterocycles. The summed E-state index contributed by atoms with van der Waals surface area (Å²) in [5.41, 5.74) is 8.76. The molecule has 3 rings (SSSR count). The quantitative estimate of drug-likeness (QED) is 0.374. The van der Waals surface area contributed by atoms with Gasteiger partial charge in [-0.2, -0.15) is 4.72 Å². The van der Waals surface area contributed by atoms with Crippen LogP contribution in [0.5, 0.6) is 0 Å². The number of amides is 1. The largest absolute Gasteiger partial charge is 0.325 e. The summed E-state index contributed by atoms with van der Waals surface area (Å²) in [7, 11) is -3.92. The summed E-state index contributed by atoms with van der Waals surface area (Å²) in [5, 5.41) is 10.1. The van der Waals surface area contributed by atoms with Gasteiger partial charge in [0.05, 0.1) is 10.9 Å². The van der Waals surface area contributed by atoms with E-state index in [-0.39, 0.29) is 11.3 Å². The van der Waals surface area contributed by atoms with Gasteiger partial charge in [-0.1, -0.05) is 60.2 Å². The molecule has 0 aliphatic rings. The molecular formula is C24H26N4O3S. The third-order valence-electron chi connectivity index (χ3n) is 4.95. The van der Waals surface area contributed by atoms with Gasteiger partial charge in [0.25, 0.3) is 0 Å². The van der Waals surface area contributed by atoms with E-state index in [1.165, 1.54) is 12.1 Å². The molecule has 166 valence electrons. The lowest BCUT2D eigenvalue weighted by atomic mass is 10.1. The molecule has 8 heteroatoms. The van der Waals surface area contributed by atoms with E-state index in [1.54, 1.807) is 36.4 Å². The molecule has 2 atom stereocenters. The highest BCUT2D eigenvalue weighted by Gasteiger charge is 2.26. The molecular weight excluding hydrogens is 424 g/mol. The molecule has 32 heavy (non-hydrogen) atoms. The summed E-state index contributed by atoms with van der Waals surface area (Å²) >= 11 is 0. The molecule has 0 spiro atoms. The lowest BCUT2D eigenvalue weighted by Crippen LogP contribution is -2.45. The van der Waals surface area contributed by atoms with Gasteiger partial charge < -0.3 is 16.5 Å². The Kier molecular flexibility index (Phi) is 7.53. The smallest absolute Gasteiger partial charge is 0.242 e. The van der Waals surface area contributed by atoms with Gasteiger partial charge in [0, 0.05) is 11.9 Å². The van der Waals surface area contributed by atoms with Crippen molar-refractivity contribution in [3.8, 4) is 0 Å². The van der Waals surface area contributed by atoms with Crippen LogP contribution in [-0.4, -0.2) is 26.6 Å². The van der Waals surface area contributed by atoms with Crippen molar-refractivity contribution in [2.24, 2.45) is 5.73 Å². The lowest BCUT2D eigenvalue weighted by molar-refractivity contribution is -0.117. The number of hydrogen-bond donors (Lipinski definition) is 4. The topological polar surface area (TPSA) is 125 Å². The van der Waals surface area contributed by atoms with E-state index in [2.05, 4.69) is 10.0 Å². The van der Waals surface area contributed by atoms with Gasteiger partial charge in [0.2, 0.25) is 15.9 Å². The van der Waals surface area contributed by atoms with E-state index >= 15 is 0 Å². The zero-order valence-corrected chi connectivity index (χ0v) is 18.5. The molecule has 0 saturated carbocycles. The highest BCUT2D eigenvalue weighted by molar-refractivity contribution is 7.89. The van der Waals surface area contributed by atoms with Crippen molar-refractivity contribution >= 4 is 27.8 Å². The second kappa shape index (κ2) is 10.3. The first-order valence-corrected chi connectivity index (χ1v) is 11.6. The number of rotatable bonds is 9. The number of carbonyl (C=O) groups excluding carboxylic acids is 1. The Hall–Kier alpha value is -3.33. The van der Waals surface area contributed by atoms with Gasteiger partial charge >= 0.3 is 0 Å². The van der Waals surface area contributed by atoms with Crippen LogP contribution in [0.3, 0.4) is 0 Å². The third kappa shape index (κ3) is 6.10. The first-order valence-electron chi connectivity index (χ1n) is 10.1. The zero-order valence-electron chi connectivity index (χ0n) is 17.7. The van der Waals surface area contributed by atoms with Crippen LogP contribution in [0.1, 0.15) is 22.7 Å². The molecule has 5 N–H and O–H groups in total. The second-order valence-corrected chi connectivity index (χ2v) is 9.20. The van der Waals surface area contributed by atoms with Gasteiger partial charge in [0.15, 0.2) is 0 Å². The van der Waals surface area contributed by atoms with E-state index < -0.39 is 28.0 Å². The lowest BCUT2D eigenvalue weighted by Gasteiger charge is -2.19. The molecule has 3 aromatic carbocycles. The fourth-order valence-electron chi connectivity index (χ4n) is 3.16. The van der Waals surface area contributed by atoms with Crippen molar-refractivity contribution in [2.75, 3.05) is 5.32 Å². The van der Waals surface area contributed by atoms with Crippen molar-refractivity contribution in [1.82, 2.24) is 4.72 Å². The van der Waals surface area contributed by atoms with Crippen LogP contribution in [-0.2, 0) is 21.2 Å². The summed E-state index contributed by atoms with van der Waals surface area (Å²) in [6.45, 7) is 1.87. The minimum absolute atomic E-state index is 0.0907. The minimum Gasteiger partial charge on any atom is -0.325 e. The average molecular weight is 451 g/mol. The Labute approximate surface area is 188 Å². The Morgan fingerprint density at radius 2 is 1.72 bits per heavy atom. The van der Waals surface area contributed by atoms with Crippen LogP contribution >= 0.6 is 0 Å². The van der Waals surface area contributed by atoms with E-state index in [1.807, 2.05) is 37.3 Å². The van der Waals surface area contributed by atoms with Crippen LogP contribution in [0.4, 0.5) is 5.69 Å². The molecule has 0 fully saturated rings. The number of nitrogens with two attached hydrogens (primary N) is 1. The van der Waals surface area contributed by atoms with E-state index in [9.17, 15) is 13.2 Å². The maximum Gasteiger partial charge on any atom is 0.242 e. The average Bonchev–Trinajstić information content (AvgIpc) is 2.79. The first-order chi connectivity index (χ1) is 15.3. The Morgan fingerprint density at radius 3 is 2.38 bits per heavy atom. The van der Waals surface area contributed by atoms with E-state index in [4.69, 9.17) is 11.1 Å². The molecule has 2 unspecified atom stereocenters. The SMILES string of the molecule is Cc1ccc(S(=O)(=O)NC(Cc2ccccc2)C(=O)Nc2cccc(C(N)C=N)c2)cc1. The molecule has 3 aromatic rings. The Balaban J connectivity index is 1.86. The molecule has 0 aromatic heterocycles. The third-order valence-corrected chi connectivity index (χ3v) is 6.43. The summed E-state index contributed by atoms with van der Waals surface area (Å²) in [5.74, 6) is -0.495. The maximum absolute atomic E-state index is 13.1. The standard InChI is InChI=1S/C24H26N4O3S/c1-17-10-12-21(13-11-17)32(30,31)28-23(14-18-6-3-2-4-7-18)24(29)27-20-9-5-8-19(15-20)22(26)16-25/h2-13,15-16,22-23,25,28H,14,26H2,1H3,(H,27,29). The maximum atomic E-state index is 13.1. The minimum atomic E-state index is -3.92. The molecule has 0 bridgehead atoms. The van der Waals surface area contributed by atoms with Crippen molar-refractivity contribution in [3.63, 3.8) is 0 Å². The molecule has 0 radical (unpaired) electrons. The number of aryl methyl sites for hydroxylation is 1. The van der Waals surface area contributed by atoms with Crippen LogP contribution in [0.2, 0.25) is 0 Å². The van der Waals surface area contributed by atoms with Crippen LogP contribution < -0.4 is 15.8 Å². The molecule has 0 aliphatic carbocycles. The van der Waals surface area contributed by atoms with Crippen LogP contribution in [0.15, 0.2) is 83.8 Å². The van der Waals surface area contributed by atoms with Gasteiger partial charge in [-0.15, -0.1) is 0 Å². The Morgan fingerprint density at radius 1 is 1.03 bits per heavy atom.